The highest BCUT2D eigenvalue weighted by Crippen LogP contribution is 2.07. The van der Waals surface area contributed by atoms with Crippen LogP contribution in [0.5, 0.6) is 0 Å². The normalized spacial score (nSPS) is 10.4. The number of quaternary nitrogens is 1. The van der Waals surface area contributed by atoms with E-state index in [9.17, 15) is 14.7 Å². The summed E-state index contributed by atoms with van der Waals surface area (Å²) in [5, 5.41) is 12.1. The molecule has 5 heteroatoms. The SMILES string of the molecule is C=C(C)C(=O)NCCC[N+](C)(CCC)CCC.CCC(=O)[O-]. The van der Waals surface area contributed by atoms with Gasteiger partial charge in [-0.3, -0.25) is 4.79 Å². The Morgan fingerprint density at radius 2 is 1.55 bits per heavy atom. The predicted molar refractivity (Wildman–Crippen MR) is 89.1 cm³/mol. The summed E-state index contributed by atoms with van der Waals surface area (Å²) in [4.78, 5) is 20.6. The van der Waals surface area contributed by atoms with Gasteiger partial charge in [-0.25, -0.2) is 0 Å². The van der Waals surface area contributed by atoms with Crippen LogP contribution in [0.4, 0.5) is 0 Å². The molecule has 0 aromatic rings. The number of carbonyl (C=O) groups excluding carboxylic acids is 2. The molecule has 0 heterocycles. The minimum absolute atomic E-state index is 0.0230. The average Bonchev–Trinajstić information content (AvgIpc) is 2.44. The van der Waals surface area contributed by atoms with Gasteiger partial charge in [0.15, 0.2) is 0 Å². The summed E-state index contributed by atoms with van der Waals surface area (Å²) in [7, 11) is 2.31. The number of nitrogens with one attached hydrogen (secondary N) is 1. The summed E-state index contributed by atoms with van der Waals surface area (Å²) in [6, 6.07) is 0. The molecule has 0 aromatic carbocycles. The van der Waals surface area contributed by atoms with E-state index < -0.39 is 5.97 Å². The molecular weight excluding hydrogens is 280 g/mol. The third kappa shape index (κ3) is 13.6. The first kappa shape index (κ1) is 22.9. The minimum atomic E-state index is -0.995. The predicted octanol–water partition coefficient (Wildman–Crippen LogP) is 1.48. The Morgan fingerprint density at radius 1 is 1.09 bits per heavy atom. The summed E-state index contributed by atoms with van der Waals surface area (Å²) in [6.07, 6.45) is 3.58. The summed E-state index contributed by atoms with van der Waals surface area (Å²) >= 11 is 0. The number of hydrogen-bond acceptors (Lipinski definition) is 3. The second-order valence-corrected chi connectivity index (χ2v) is 5.91. The van der Waals surface area contributed by atoms with Crippen molar-refractivity contribution in [3.8, 4) is 0 Å². The number of amides is 1. The molecule has 0 unspecified atom stereocenters. The molecule has 0 aliphatic rings. The third-order valence-electron chi connectivity index (χ3n) is 3.36. The summed E-state index contributed by atoms with van der Waals surface area (Å²) in [5.74, 6) is -1.02. The second-order valence-electron chi connectivity index (χ2n) is 5.91. The summed E-state index contributed by atoms with van der Waals surface area (Å²) in [6.45, 7) is 15.7. The molecule has 0 rings (SSSR count). The van der Waals surface area contributed by atoms with Crippen LogP contribution in [-0.2, 0) is 9.59 Å². The lowest BCUT2D eigenvalue weighted by atomic mass is 10.2. The molecule has 130 valence electrons. The Kier molecular flexibility index (Phi) is 13.9. The molecule has 1 N–H and O–H groups in total. The maximum Gasteiger partial charge on any atom is 0.246 e. The molecule has 0 saturated heterocycles. The smallest absolute Gasteiger partial charge is 0.246 e. The van der Waals surface area contributed by atoms with Gasteiger partial charge in [-0.1, -0.05) is 27.4 Å². The zero-order chi connectivity index (χ0) is 17.6. The molecule has 0 bridgehead atoms. The van der Waals surface area contributed by atoms with E-state index in [4.69, 9.17) is 0 Å². The van der Waals surface area contributed by atoms with Crippen molar-refractivity contribution in [3.05, 3.63) is 12.2 Å². The van der Waals surface area contributed by atoms with Gasteiger partial charge in [-0.15, -0.1) is 0 Å². The zero-order valence-corrected chi connectivity index (χ0v) is 15.0. The molecular formula is C17H34N2O3. The molecule has 0 saturated carbocycles. The van der Waals surface area contributed by atoms with Crippen LogP contribution in [0.15, 0.2) is 12.2 Å². The molecule has 0 fully saturated rings. The molecule has 5 nitrogen and oxygen atoms in total. The number of aliphatic carboxylic acids is 1. The van der Waals surface area contributed by atoms with Crippen molar-refractivity contribution in [2.45, 2.75) is 53.4 Å². The fourth-order valence-corrected chi connectivity index (χ4v) is 2.23. The van der Waals surface area contributed by atoms with Crippen LogP contribution in [0, 0.1) is 0 Å². The van der Waals surface area contributed by atoms with E-state index in [0.29, 0.717) is 5.57 Å². The average molecular weight is 314 g/mol. The third-order valence-corrected chi connectivity index (χ3v) is 3.36. The van der Waals surface area contributed by atoms with Gasteiger partial charge in [-0.05, 0) is 26.2 Å². The van der Waals surface area contributed by atoms with Gasteiger partial charge in [0.1, 0.15) is 0 Å². The first-order valence-electron chi connectivity index (χ1n) is 8.19. The largest absolute Gasteiger partial charge is 0.550 e. The van der Waals surface area contributed by atoms with Gasteiger partial charge in [0.2, 0.25) is 5.91 Å². The highest BCUT2D eigenvalue weighted by Gasteiger charge is 2.18. The number of carboxylic acid groups (broad SMARTS) is 1. The molecule has 0 atom stereocenters. The number of nitrogens with zero attached hydrogens (tertiary/aromatic N) is 1. The molecule has 1 amide bonds. The molecule has 0 aliphatic heterocycles. The lowest BCUT2D eigenvalue weighted by molar-refractivity contribution is -0.909. The van der Waals surface area contributed by atoms with E-state index in [2.05, 4.69) is 32.8 Å². The lowest BCUT2D eigenvalue weighted by Gasteiger charge is -2.34. The number of rotatable bonds is 10. The quantitative estimate of drug-likeness (QED) is 0.377. The minimum Gasteiger partial charge on any atom is -0.550 e. The van der Waals surface area contributed by atoms with E-state index >= 15 is 0 Å². The standard InChI is InChI=1S/C14H28N2O.C3H6O2/c1-6-10-16(5,11-7-2)12-8-9-15-14(17)13(3)4;1-2-3(4)5/h3,6-12H2,1-2,4-5H3;2H2,1H3,(H,4,5). The molecule has 0 radical (unpaired) electrons. The van der Waals surface area contributed by atoms with Crippen LogP contribution in [0.2, 0.25) is 0 Å². The first-order chi connectivity index (χ1) is 10.2. The van der Waals surface area contributed by atoms with Gasteiger partial charge in [0, 0.05) is 24.5 Å². The van der Waals surface area contributed by atoms with Gasteiger partial charge >= 0.3 is 0 Å². The Morgan fingerprint density at radius 3 is 1.86 bits per heavy atom. The van der Waals surface area contributed by atoms with Crippen LogP contribution in [-0.4, -0.2) is 49.6 Å². The van der Waals surface area contributed by atoms with Crippen LogP contribution < -0.4 is 10.4 Å². The topological polar surface area (TPSA) is 69.2 Å². The van der Waals surface area contributed by atoms with Crippen molar-refractivity contribution in [3.63, 3.8) is 0 Å². The molecule has 0 aromatic heterocycles. The monoisotopic (exact) mass is 314 g/mol. The van der Waals surface area contributed by atoms with Crippen LogP contribution >= 0.6 is 0 Å². The van der Waals surface area contributed by atoms with Crippen LogP contribution in [0.1, 0.15) is 53.4 Å². The Balaban J connectivity index is 0. The van der Waals surface area contributed by atoms with E-state index in [1.54, 1.807) is 6.92 Å². The Hall–Kier alpha value is -1.36. The van der Waals surface area contributed by atoms with Crippen molar-refractivity contribution in [2.75, 3.05) is 33.2 Å². The lowest BCUT2D eigenvalue weighted by Crippen LogP contribution is -2.46. The second kappa shape index (κ2) is 13.3. The molecule has 22 heavy (non-hydrogen) atoms. The van der Waals surface area contributed by atoms with Crippen LogP contribution in [0.3, 0.4) is 0 Å². The van der Waals surface area contributed by atoms with Crippen LogP contribution in [0.25, 0.3) is 0 Å². The summed E-state index contributed by atoms with van der Waals surface area (Å²) in [5.41, 5.74) is 0.587. The highest BCUT2D eigenvalue weighted by atomic mass is 16.4. The first-order valence-corrected chi connectivity index (χ1v) is 8.19. The highest BCUT2D eigenvalue weighted by molar-refractivity contribution is 5.91. The van der Waals surface area contributed by atoms with E-state index in [1.807, 2.05) is 0 Å². The van der Waals surface area contributed by atoms with Gasteiger partial charge in [0.25, 0.3) is 0 Å². The fourth-order valence-electron chi connectivity index (χ4n) is 2.23. The Labute approximate surface area is 136 Å². The molecule has 0 spiro atoms. The summed E-state index contributed by atoms with van der Waals surface area (Å²) < 4.78 is 1.12. The maximum atomic E-state index is 11.3. The number of hydrogen-bond donors (Lipinski definition) is 1. The van der Waals surface area contributed by atoms with E-state index in [0.717, 1.165) is 24.0 Å². The number of carboxylic acids is 1. The van der Waals surface area contributed by atoms with Crippen molar-refractivity contribution in [1.29, 1.82) is 0 Å². The Bertz CT molecular complexity index is 335. The van der Waals surface area contributed by atoms with Crippen molar-refractivity contribution < 1.29 is 19.2 Å². The maximum absolute atomic E-state index is 11.3. The van der Waals surface area contributed by atoms with Crippen molar-refractivity contribution >= 4 is 11.9 Å². The fraction of sp³-hybridized carbons (Fsp3) is 0.765. The zero-order valence-electron chi connectivity index (χ0n) is 15.0. The van der Waals surface area contributed by atoms with Crippen molar-refractivity contribution in [2.24, 2.45) is 0 Å². The van der Waals surface area contributed by atoms with E-state index in [1.165, 1.54) is 32.9 Å². The number of carbonyl (C=O) groups is 2. The molecule has 0 aliphatic carbocycles. The van der Waals surface area contributed by atoms with Gasteiger partial charge in [-0.2, -0.15) is 0 Å². The van der Waals surface area contributed by atoms with Gasteiger partial charge < -0.3 is 19.7 Å². The van der Waals surface area contributed by atoms with Gasteiger partial charge in [0.05, 0.1) is 26.7 Å². The van der Waals surface area contributed by atoms with Crippen molar-refractivity contribution in [1.82, 2.24) is 5.32 Å². The van der Waals surface area contributed by atoms with E-state index in [-0.39, 0.29) is 12.3 Å².